The first-order chi connectivity index (χ1) is 16.4. The van der Waals surface area contributed by atoms with Crippen LogP contribution in [0.5, 0.6) is 5.75 Å². The van der Waals surface area contributed by atoms with E-state index in [9.17, 15) is 20.0 Å². The Balaban J connectivity index is 1.57. The van der Waals surface area contributed by atoms with Gasteiger partial charge in [-0.1, -0.05) is 12.1 Å². The van der Waals surface area contributed by atoms with Crippen molar-refractivity contribution in [3.05, 3.63) is 51.1 Å². The number of ether oxygens (including phenoxy) is 1. The Kier molecular flexibility index (Phi) is 7.55. The summed E-state index contributed by atoms with van der Waals surface area (Å²) in [6.45, 7) is 1.88. The van der Waals surface area contributed by atoms with Crippen molar-refractivity contribution < 1.29 is 19.6 Å². The first-order valence-electron chi connectivity index (χ1n) is 11.7. The molecule has 0 saturated heterocycles. The van der Waals surface area contributed by atoms with Crippen LogP contribution in [0.15, 0.2) is 41.0 Å². The highest BCUT2D eigenvalue weighted by Gasteiger charge is 2.39. The van der Waals surface area contributed by atoms with E-state index in [0.717, 1.165) is 44.2 Å². The van der Waals surface area contributed by atoms with Gasteiger partial charge in [0, 0.05) is 24.2 Å². The molecular formula is C24H29BrN4O5. The molecule has 2 fully saturated rings. The first kappa shape index (κ1) is 24.3. The molecule has 1 aromatic heterocycles. The number of rotatable bonds is 9. The summed E-state index contributed by atoms with van der Waals surface area (Å²) in [4.78, 5) is 32.1. The second-order valence-corrected chi connectivity index (χ2v) is 9.57. The van der Waals surface area contributed by atoms with E-state index < -0.39 is 10.9 Å². The summed E-state index contributed by atoms with van der Waals surface area (Å²) in [5.41, 5.74) is 0.726. The quantitative estimate of drug-likeness (QED) is 0.212. The monoisotopic (exact) mass is 532 g/mol. The van der Waals surface area contributed by atoms with Crippen LogP contribution in [-0.2, 0) is 9.53 Å². The third-order valence-corrected chi connectivity index (χ3v) is 6.94. The highest BCUT2D eigenvalue weighted by atomic mass is 79.9. The number of nitrogens with zero attached hydrogens (tertiary/aromatic N) is 4. The van der Waals surface area contributed by atoms with Crippen LogP contribution in [0.4, 0.5) is 17.2 Å². The number of anilines is 2. The van der Waals surface area contributed by atoms with Crippen molar-refractivity contribution in [1.29, 1.82) is 0 Å². The number of aromatic hydroxyl groups is 1. The lowest BCUT2D eigenvalue weighted by Crippen LogP contribution is -2.47. The third kappa shape index (κ3) is 5.43. The van der Waals surface area contributed by atoms with E-state index in [1.165, 1.54) is 12.1 Å². The average molecular weight is 533 g/mol. The molecule has 0 aliphatic heterocycles. The number of pyridine rings is 1. The number of para-hydroxylation sites is 2. The molecule has 10 heteroatoms. The SMILES string of the molecule is CCOC(=O)CN(c1nc(Br)ccc1[N+](=O)[O-])[C@H]1CC[C@H](N(c2ccccc2O)C2CC2)CC1. The summed E-state index contributed by atoms with van der Waals surface area (Å²) < 4.78 is 5.63. The Hall–Kier alpha value is -2.88. The number of esters is 1. The number of carbonyl (C=O) groups excluding carboxylic acids is 1. The van der Waals surface area contributed by atoms with Crippen molar-refractivity contribution in [3.63, 3.8) is 0 Å². The number of halogens is 1. The fourth-order valence-corrected chi connectivity index (χ4v) is 5.17. The van der Waals surface area contributed by atoms with E-state index in [1.807, 2.05) is 18.2 Å². The maximum atomic E-state index is 12.4. The van der Waals surface area contributed by atoms with Gasteiger partial charge in [-0.25, -0.2) is 4.98 Å². The van der Waals surface area contributed by atoms with Crippen molar-refractivity contribution in [3.8, 4) is 5.75 Å². The Morgan fingerprint density at radius 3 is 2.32 bits per heavy atom. The molecule has 34 heavy (non-hydrogen) atoms. The van der Waals surface area contributed by atoms with Crippen LogP contribution in [-0.4, -0.2) is 52.3 Å². The molecule has 9 nitrogen and oxygen atoms in total. The number of hydrogen-bond acceptors (Lipinski definition) is 8. The predicted octanol–water partition coefficient (Wildman–Crippen LogP) is 4.81. The van der Waals surface area contributed by atoms with Crippen LogP contribution in [0.3, 0.4) is 0 Å². The van der Waals surface area contributed by atoms with E-state index in [4.69, 9.17) is 4.74 Å². The lowest BCUT2D eigenvalue weighted by atomic mass is 9.88. The average Bonchev–Trinajstić information content (AvgIpc) is 3.65. The van der Waals surface area contributed by atoms with Gasteiger partial charge in [-0.2, -0.15) is 0 Å². The van der Waals surface area contributed by atoms with E-state index in [2.05, 4.69) is 25.8 Å². The van der Waals surface area contributed by atoms with Crippen molar-refractivity contribution in [1.82, 2.24) is 4.98 Å². The highest BCUT2D eigenvalue weighted by molar-refractivity contribution is 9.10. The van der Waals surface area contributed by atoms with Crippen LogP contribution in [0.25, 0.3) is 0 Å². The number of hydrogen-bond donors (Lipinski definition) is 1. The number of benzene rings is 1. The van der Waals surface area contributed by atoms with Gasteiger partial charge in [-0.3, -0.25) is 14.9 Å². The number of phenolic OH excluding ortho intramolecular Hbond substituents is 1. The molecule has 2 saturated carbocycles. The van der Waals surface area contributed by atoms with Gasteiger partial charge in [0.1, 0.15) is 16.9 Å². The Bertz CT molecular complexity index is 1040. The molecule has 2 aromatic rings. The van der Waals surface area contributed by atoms with Gasteiger partial charge in [0.15, 0.2) is 0 Å². The van der Waals surface area contributed by atoms with Crippen LogP contribution in [0.1, 0.15) is 45.4 Å². The zero-order valence-corrected chi connectivity index (χ0v) is 20.7. The maximum Gasteiger partial charge on any atom is 0.325 e. The Morgan fingerprint density at radius 1 is 1.12 bits per heavy atom. The van der Waals surface area contributed by atoms with E-state index in [0.29, 0.717) is 10.6 Å². The largest absolute Gasteiger partial charge is 0.506 e. The molecule has 0 spiro atoms. The minimum absolute atomic E-state index is 0.0911. The summed E-state index contributed by atoms with van der Waals surface area (Å²) in [7, 11) is 0. The second kappa shape index (κ2) is 10.6. The standard InChI is InChI=1S/C24H29BrN4O5/c1-2-34-23(31)15-27(24-20(29(32)33)13-14-22(25)26-24)16-7-9-17(10-8-16)28(18-11-12-18)19-5-3-4-6-21(19)30/h3-6,13-14,16-18,30H,2,7-12,15H2,1H3/t16-,17-. The van der Waals surface area contributed by atoms with E-state index >= 15 is 0 Å². The second-order valence-electron chi connectivity index (χ2n) is 8.76. The third-order valence-electron chi connectivity index (χ3n) is 6.49. The molecule has 0 radical (unpaired) electrons. The Morgan fingerprint density at radius 2 is 1.74 bits per heavy atom. The molecule has 2 aliphatic rings. The molecule has 0 bridgehead atoms. The van der Waals surface area contributed by atoms with Crippen molar-refractivity contribution in [2.75, 3.05) is 23.0 Å². The molecule has 182 valence electrons. The van der Waals surface area contributed by atoms with Crippen LogP contribution < -0.4 is 9.80 Å². The fourth-order valence-electron chi connectivity index (χ4n) is 4.87. The summed E-state index contributed by atoms with van der Waals surface area (Å²) >= 11 is 3.31. The van der Waals surface area contributed by atoms with Crippen LogP contribution in [0.2, 0.25) is 0 Å². The van der Waals surface area contributed by atoms with Crippen molar-refractivity contribution >= 4 is 39.1 Å². The summed E-state index contributed by atoms with van der Waals surface area (Å²) in [5.74, 6) is 0.0274. The molecule has 0 atom stereocenters. The van der Waals surface area contributed by atoms with Crippen LogP contribution in [0, 0.1) is 10.1 Å². The maximum absolute atomic E-state index is 12.4. The number of nitro groups is 1. The molecule has 4 rings (SSSR count). The summed E-state index contributed by atoms with van der Waals surface area (Å²) in [5, 5.41) is 22.2. The lowest BCUT2D eigenvalue weighted by Gasteiger charge is -2.42. The molecule has 0 unspecified atom stereocenters. The topological polar surface area (TPSA) is 109 Å². The smallest absolute Gasteiger partial charge is 0.325 e. The van der Waals surface area contributed by atoms with Gasteiger partial charge in [-0.05, 0) is 79.6 Å². The minimum Gasteiger partial charge on any atom is -0.506 e. The molecule has 2 aliphatic carbocycles. The van der Waals surface area contributed by atoms with Crippen LogP contribution >= 0.6 is 15.9 Å². The van der Waals surface area contributed by atoms with Crippen molar-refractivity contribution in [2.24, 2.45) is 0 Å². The lowest BCUT2D eigenvalue weighted by molar-refractivity contribution is -0.384. The highest BCUT2D eigenvalue weighted by Crippen LogP contribution is 2.42. The van der Waals surface area contributed by atoms with E-state index in [1.54, 1.807) is 17.9 Å². The zero-order valence-electron chi connectivity index (χ0n) is 19.1. The van der Waals surface area contributed by atoms with Gasteiger partial charge < -0.3 is 19.6 Å². The summed E-state index contributed by atoms with van der Waals surface area (Å²) in [6.07, 6.45) is 5.39. The van der Waals surface area contributed by atoms with Gasteiger partial charge in [-0.15, -0.1) is 0 Å². The van der Waals surface area contributed by atoms with Gasteiger partial charge in [0.2, 0.25) is 5.82 Å². The van der Waals surface area contributed by atoms with Gasteiger partial charge in [0.25, 0.3) is 0 Å². The predicted molar refractivity (Wildman–Crippen MR) is 132 cm³/mol. The van der Waals surface area contributed by atoms with Crippen molar-refractivity contribution in [2.45, 2.75) is 63.6 Å². The molecule has 1 N–H and O–H groups in total. The summed E-state index contributed by atoms with van der Waals surface area (Å²) in [6, 6.07) is 11.0. The zero-order chi connectivity index (χ0) is 24.2. The van der Waals surface area contributed by atoms with Gasteiger partial charge >= 0.3 is 11.7 Å². The molecule has 1 aromatic carbocycles. The fraction of sp³-hybridized carbons (Fsp3) is 0.500. The number of phenols is 1. The van der Waals surface area contributed by atoms with E-state index in [-0.39, 0.29) is 42.5 Å². The Labute approximate surface area is 207 Å². The first-order valence-corrected chi connectivity index (χ1v) is 12.5. The normalized spacial score (nSPS) is 19.9. The van der Waals surface area contributed by atoms with Gasteiger partial charge in [0.05, 0.1) is 17.2 Å². The minimum atomic E-state index is -0.467. The number of carbonyl (C=O) groups is 1. The molecule has 0 amide bonds. The number of aromatic nitrogens is 1. The molecule has 1 heterocycles. The molecular weight excluding hydrogens is 504 g/mol.